The molecule has 0 aliphatic heterocycles. The summed E-state index contributed by atoms with van der Waals surface area (Å²) < 4.78 is 0. The van der Waals surface area contributed by atoms with Gasteiger partial charge in [0.25, 0.3) is 11.5 Å². The minimum Gasteiger partial charge on any atom is -0.273 e. The second-order valence-electron chi connectivity index (χ2n) is 7.80. The Balaban J connectivity index is 1.38. The number of nitrogens with one attached hydrogen (secondary N) is 3. The van der Waals surface area contributed by atoms with Gasteiger partial charge in [-0.15, -0.1) is 0 Å². The van der Waals surface area contributed by atoms with Gasteiger partial charge >= 0.3 is 0 Å². The Morgan fingerprint density at radius 1 is 0.857 bits per heavy atom. The van der Waals surface area contributed by atoms with E-state index in [1.807, 2.05) is 30.3 Å². The minimum atomic E-state index is -0.494. The molecule has 0 atom stereocenters. The second-order valence-corrected chi connectivity index (χ2v) is 8.24. The number of hydrogen-bond acceptors (Lipinski definition) is 5. The highest BCUT2D eigenvalue weighted by Gasteiger charge is 2.16. The highest BCUT2D eigenvalue weighted by atomic mass is 35.5. The van der Waals surface area contributed by atoms with Crippen molar-refractivity contribution in [2.45, 2.75) is 6.42 Å². The van der Waals surface area contributed by atoms with Crippen molar-refractivity contribution in [1.29, 1.82) is 0 Å². The number of fused-ring (bicyclic) bond motifs is 2. The molecule has 0 bridgehead atoms. The van der Waals surface area contributed by atoms with Gasteiger partial charge in [0.05, 0.1) is 34.3 Å². The van der Waals surface area contributed by atoms with Crippen molar-refractivity contribution in [3.05, 3.63) is 105 Å². The number of pyridine rings is 1. The fraction of sp³-hybridized carbons (Fsp3) is 0.0385. The van der Waals surface area contributed by atoms with Crippen LogP contribution in [0.5, 0.6) is 0 Å². The third-order valence-electron chi connectivity index (χ3n) is 5.52. The Bertz CT molecular complexity index is 1650. The van der Waals surface area contributed by atoms with Gasteiger partial charge in [-0.2, -0.15) is 5.10 Å². The highest BCUT2D eigenvalue weighted by Crippen LogP contribution is 2.26. The first-order chi connectivity index (χ1) is 17.0. The molecule has 0 saturated carbocycles. The molecule has 0 aliphatic rings. The van der Waals surface area contributed by atoms with Crippen molar-refractivity contribution in [3.63, 3.8) is 0 Å². The van der Waals surface area contributed by atoms with Crippen LogP contribution in [0.4, 0.5) is 0 Å². The predicted molar refractivity (Wildman–Crippen MR) is 134 cm³/mol. The van der Waals surface area contributed by atoms with Crippen LogP contribution in [-0.4, -0.2) is 27.0 Å². The normalized spacial score (nSPS) is 10.9. The maximum absolute atomic E-state index is 13.1. The van der Waals surface area contributed by atoms with Gasteiger partial charge in [0.15, 0.2) is 0 Å². The molecule has 0 aliphatic carbocycles. The lowest BCUT2D eigenvalue weighted by atomic mass is 10.0. The Morgan fingerprint density at radius 3 is 2.31 bits per heavy atom. The van der Waals surface area contributed by atoms with Crippen molar-refractivity contribution in [2.75, 3.05) is 0 Å². The maximum atomic E-state index is 13.1. The van der Waals surface area contributed by atoms with Crippen LogP contribution in [0.2, 0.25) is 5.02 Å². The molecule has 0 spiro atoms. The Morgan fingerprint density at radius 2 is 1.54 bits per heavy atom. The van der Waals surface area contributed by atoms with Gasteiger partial charge in [0.2, 0.25) is 5.91 Å². The van der Waals surface area contributed by atoms with Gasteiger partial charge in [-0.3, -0.25) is 25.2 Å². The number of hydrazine groups is 1. The zero-order valence-corrected chi connectivity index (χ0v) is 19.0. The standard InChI is InChI=1S/C26H18ClN5O3/c27-16-11-9-15(10-12-16)22-13-20(18-6-3-4-8-21(18)28-22)26(35)32-30-24(33)14-23-17-5-1-2-7-19(17)25(34)31-29-23/h1-13H,14H2,(H,30,33)(H,31,34)(H,32,35). The van der Waals surface area contributed by atoms with Crippen LogP contribution in [-0.2, 0) is 11.2 Å². The Labute approximate surface area is 203 Å². The van der Waals surface area contributed by atoms with Gasteiger partial charge < -0.3 is 0 Å². The molecule has 172 valence electrons. The summed E-state index contributed by atoms with van der Waals surface area (Å²) in [5, 5.41) is 8.64. The van der Waals surface area contributed by atoms with E-state index in [4.69, 9.17) is 11.6 Å². The number of amides is 2. The number of benzene rings is 3. The van der Waals surface area contributed by atoms with Crippen LogP contribution in [0.1, 0.15) is 16.1 Å². The van der Waals surface area contributed by atoms with E-state index in [0.29, 0.717) is 43.6 Å². The average Bonchev–Trinajstić information content (AvgIpc) is 2.89. The maximum Gasteiger partial charge on any atom is 0.272 e. The van der Waals surface area contributed by atoms with E-state index in [1.54, 1.807) is 48.5 Å². The molecule has 2 amide bonds. The predicted octanol–water partition coefficient (Wildman–Crippen LogP) is 3.80. The molecular weight excluding hydrogens is 466 g/mol. The fourth-order valence-electron chi connectivity index (χ4n) is 3.83. The zero-order chi connectivity index (χ0) is 24.4. The van der Waals surface area contributed by atoms with Crippen LogP contribution in [0.3, 0.4) is 0 Å². The molecule has 0 unspecified atom stereocenters. The lowest BCUT2D eigenvalue weighted by Gasteiger charge is -2.12. The van der Waals surface area contributed by atoms with Crippen LogP contribution < -0.4 is 16.4 Å². The number of carbonyl (C=O) groups is 2. The van der Waals surface area contributed by atoms with E-state index in [0.717, 1.165) is 5.56 Å². The molecule has 5 aromatic rings. The summed E-state index contributed by atoms with van der Waals surface area (Å²) >= 11 is 6.00. The van der Waals surface area contributed by atoms with Gasteiger partial charge in [-0.05, 0) is 30.3 Å². The highest BCUT2D eigenvalue weighted by molar-refractivity contribution is 6.30. The van der Waals surface area contributed by atoms with E-state index < -0.39 is 11.8 Å². The molecule has 8 nitrogen and oxygen atoms in total. The Hall–Kier alpha value is -4.56. The quantitative estimate of drug-likeness (QED) is 0.336. The molecule has 3 N–H and O–H groups in total. The molecule has 0 saturated heterocycles. The van der Waals surface area contributed by atoms with E-state index in [1.165, 1.54) is 0 Å². The summed E-state index contributed by atoms with van der Waals surface area (Å²) in [6, 6.07) is 23.0. The van der Waals surface area contributed by atoms with Gasteiger partial charge in [-0.1, -0.05) is 60.1 Å². The van der Waals surface area contributed by atoms with E-state index in [-0.39, 0.29) is 12.0 Å². The van der Waals surface area contributed by atoms with Gasteiger partial charge in [-0.25, -0.2) is 10.1 Å². The third kappa shape index (κ3) is 4.60. The lowest BCUT2D eigenvalue weighted by Crippen LogP contribution is -2.42. The summed E-state index contributed by atoms with van der Waals surface area (Å²) in [6.45, 7) is 0. The van der Waals surface area contributed by atoms with Gasteiger partial charge in [0, 0.05) is 21.4 Å². The smallest absolute Gasteiger partial charge is 0.272 e. The van der Waals surface area contributed by atoms with Crippen LogP contribution in [0, 0.1) is 0 Å². The van der Waals surface area contributed by atoms with Crippen molar-refractivity contribution in [3.8, 4) is 11.3 Å². The monoisotopic (exact) mass is 483 g/mol. The summed E-state index contributed by atoms with van der Waals surface area (Å²) in [5.74, 6) is -0.981. The number of aromatic nitrogens is 3. The number of carbonyl (C=O) groups excluding carboxylic acids is 2. The molecule has 2 heterocycles. The average molecular weight is 484 g/mol. The molecule has 2 aromatic heterocycles. The number of rotatable bonds is 4. The van der Waals surface area contributed by atoms with E-state index in [2.05, 4.69) is 26.0 Å². The number of H-pyrrole nitrogens is 1. The van der Waals surface area contributed by atoms with E-state index >= 15 is 0 Å². The molecule has 9 heteroatoms. The number of aromatic amines is 1. The molecule has 35 heavy (non-hydrogen) atoms. The molecule has 3 aromatic carbocycles. The first-order valence-corrected chi connectivity index (χ1v) is 11.1. The summed E-state index contributed by atoms with van der Waals surface area (Å²) in [4.78, 5) is 42.3. The van der Waals surface area contributed by atoms with Crippen LogP contribution in [0.15, 0.2) is 83.7 Å². The topological polar surface area (TPSA) is 117 Å². The van der Waals surface area contributed by atoms with Crippen molar-refractivity contribution in [2.24, 2.45) is 0 Å². The first-order valence-electron chi connectivity index (χ1n) is 10.7. The Kier molecular flexibility index (Phi) is 5.95. The molecule has 0 radical (unpaired) electrons. The fourth-order valence-corrected chi connectivity index (χ4v) is 3.95. The summed E-state index contributed by atoms with van der Waals surface area (Å²) in [6.07, 6.45) is -0.134. The van der Waals surface area contributed by atoms with Crippen molar-refractivity contribution in [1.82, 2.24) is 26.0 Å². The van der Waals surface area contributed by atoms with Crippen LogP contribution >= 0.6 is 11.6 Å². The SMILES string of the molecule is O=C(Cc1n[nH]c(=O)c2ccccc12)NNC(=O)c1cc(-c2ccc(Cl)cc2)nc2ccccc12. The molecule has 0 fully saturated rings. The number of nitrogens with zero attached hydrogens (tertiary/aromatic N) is 2. The zero-order valence-electron chi connectivity index (χ0n) is 18.2. The number of para-hydroxylation sites is 1. The first kappa shape index (κ1) is 22.2. The van der Waals surface area contributed by atoms with Crippen LogP contribution in [0.25, 0.3) is 32.9 Å². The lowest BCUT2D eigenvalue weighted by molar-refractivity contribution is -0.121. The summed E-state index contributed by atoms with van der Waals surface area (Å²) in [7, 11) is 0. The third-order valence-corrected chi connectivity index (χ3v) is 5.77. The molecule has 5 rings (SSSR count). The minimum absolute atomic E-state index is 0.134. The van der Waals surface area contributed by atoms with E-state index in [9.17, 15) is 14.4 Å². The van der Waals surface area contributed by atoms with Gasteiger partial charge in [0.1, 0.15) is 0 Å². The van der Waals surface area contributed by atoms with Crippen molar-refractivity contribution >= 4 is 45.1 Å². The number of halogens is 1. The molecular formula is C26H18ClN5O3. The second kappa shape index (κ2) is 9.36. The number of hydrogen-bond donors (Lipinski definition) is 3. The van der Waals surface area contributed by atoms with Crippen molar-refractivity contribution < 1.29 is 9.59 Å². The largest absolute Gasteiger partial charge is 0.273 e. The summed E-state index contributed by atoms with van der Waals surface area (Å²) in [5.41, 5.74) is 7.36.